The predicted octanol–water partition coefficient (Wildman–Crippen LogP) is 2.31. The molecule has 0 atom stereocenters. The summed E-state index contributed by atoms with van der Waals surface area (Å²) in [7, 11) is 0. The molecule has 0 heterocycles. The topological polar surface area (TPSA) is 115 Å². The number of carbonyl (C=O) groups is 2. The minimum absolute atomic E-state index is 0.00614. The third kappa shape index (κ3) is 6.35. The van der Waals surface area contributed by atoms with E-state index in [9.17, 15) is 19.8 Å². The fourth-order valence-corrected chi connectivity index (χ4v) is 3.43. The molecule has 6 nitrogen and oxygen atoms in total. The van der Waals surface area contributed by atoms with Crippen molar-refractivity contribution in [3.63, 3.8) is 0 Å². The molecule has 0 fully saturated rings. The molecule has 0 aliphatic carbocycles. The second kappa shape index (κ2) is 11.4. The van der Waals surface area contributed by atoms with Crippen LogP contribution >= 0.6 is 23.5 Å². The Morgan fingerprint density at radius 1 is 0.875 bits per heavy atom. The number of carboxylic acids is 2. The molecule has 1 rings (SSSR count). The van der Waals surface area contributed by atoms with Gasteiger partial charge in [0.05, 0.1) is 23.0 Å². The van der Waals surface area contributed by atoms with Crippen molar-refractivity contribution in [2.45, 2.75) is 25.7 Å². The monoisotopic (exact) mass is 374 g/mol. The number of hydrogen-bond acceptors (Lipinski definition) is 6. The van der Waals surface area contributed by atoms with Crippen LogP contribution in [-0.2, 0) is 12.8 Å². The van der Waals surface area contributed by atoms with Crippen molar-refractivity contribution in [1.82, 2.24) is 0 Å². The van der Waals surface area contributed by atoms with Crippen molar-refractivity contribution in [1.29, 1.82) is 0 Å². The number of aromatic carboxylic acids is 2. The van der Waals surface area contributed by atoms with Gasteiger partial charge < -0.3 is 20.4 Å². The van der Waals surface area contributed by atoms with Crippen molar-refractivity contribution < 1.29 is 30.0 Å². The van der Waals surface area contributed by atoms with Crippen molar-refractivity contribution in [2.75, 3.05) is 23.4 Å². The molecule has 0 aliphatic heterocycles. The number of benzene rings is 1. The van der Waals surface area contributed by atoms with Gasteiger partial charge in [0.25, 0.3) is 0 Å². The highest BCUT2D eigenvalue weighted by Gasteiger charge is 2.22. The van der Waals surface area contributed by atoms with E-state index in [2.05, 4.69) is 0 Å². The normalized spacial score (nSPS) is 10.8. The molecule has 0 aromatic heterocycles. The van der Waals surface area contributed by atoms with Gasteiger partial charge in [-0.25, -0.2) is 9.59 Å². The number of hydrogen-bond donors (Lipinski definition) is 4. The van der Waals surface area contributed by atoms with E-state index < -0.39 is 11.9 Å². The van der Waals surface area contributed by atoms with E-state index in [0.717, 1.165) is 17.7 Å². The summed E-state index contributed by atoms with van der Waals surface area (Å²) in [6.45, 7) is 0. The van der Waals surface area contributed by atoms with Crippen LogP contribution < -0.4 is 0 Å². The van der Waals surface area contributed by atoms with Crippen LogP contribution in [0.25, 0.3) is 0 Å². The summed E-state index contributed by atoms with van der Waals surface area (Å²) in [5.41, 5.74) is 1.07. The molecule has 1 aromatic carbocycles. The summed E-state index contributed by atoms with van der Waals surface area (Å²) >= 11 is 2.73. The average Bonchev–Trinajstić information content (AvgIpc) is 2.55. The summed E-state index contributed by atoms with van der Waals surface area (Å²) < 4.78 is 0. The minimum atomic E-state index is -1.25. The third-order valence-electron chi connectivity index (χ3n) is 3.49. The van der Waals surface area contributed by atoms with E-state index in [4.69, 9.17) is 10.2 Å². The van der Waals surface area contributed by atoms with Crippen LogP contribution in [0.1, 0.15) is 44.7 Å². The van der Waals surface area contributed by atoms with Crippen LogP contribution in [0.5, 0.6) is 0 Å². The maximum absolute atomic E-state index is 11.6. The van der Waals surface area contributed by atoms with Crippen molar-refractivity contribution in [3.8, 4) is 0 Å². The molecule has 0 saturated carbocycles. The van der Waals surface area contributed by atoms with Crippen molar-refractivity contribution >= 4 is 35.5 Å². The lowest BCUT2D eigenvalue weighted by molar-refractivity contribution is 0.0650. The predicted molar refractivity (Wildman–Crippen MR) is 96.1 cm³/mol. The van der Waals surface area contributed by atoms with Gasteiger partial charge in [-0.15, -0.1) is 23.5 Å². The number of rotatable bonds is 12. The number of carboxylic acid groups (broad SMARTS) is 2. The van der Waals surface area contributed by atoms with Crippen LogP contribution in [-0.4, -0.2) is 55.7 Å². The SMILES string of the molecule is O=C(O)c1ccc(CCCSCO)c(CCCSCO)c1C(=O)O. The summed E-state index contributed by atoms with van der Waals surface area (Å²) in [4.78, 5) is 23.0. The maximum atomic E-state index is 11.6. The quantitative estimate of drug-likeness (QED) is 0.325. The second-order valence-corrected chi connectivity index (χ2v) is 7.17. The van der Waals surface area contributed by atoms with Crippen molar-refractivity contribution in [2.24, 2.45) is 0 Å². The van der Waals surface area contributed by atoms with Gasteiger partial charge in [-0.05, 0) is 54.4 Å². The van der Waals surface area contributed by atoms with E-state index in [1.54, 1.807) is 6.07 Å². The Labute approximate surface area is 149 Å². The Morgan fingerprint density at radius 2 is 1.46 bits per heavy atom. The van der Waals surface area contributed by atoms with Crippen LogP contribution in [0.3, 0.4) is 0 Å². The molecule has 8 heteroatoms. The lowest BCUT2D eigenvalue weighted by Gasteiger charge is -2.15. The van der Waals surface area contributed by atoms with E-state index in [0.29, 0.717) is 30.6 Å². The second-order valence-electron chi connectivity index (χ2n) is 5.02. The van der Waals surface area contributed by atoms with Gasteiger partial charge in [0.15, 0.2) is 0 Å². The summed E-state index contributed by atoms with van der Waals surface area (Å²) in [5.74, 6) is -1.01. The molecular formula is C16H22O6S2. The van der Waals surface area contributed by atoms with Gasteiger partial charge in [-0.3, -0.25) is 0 Å². The van der Waals surface area contributed by atoms with Crippen LogP contribution in [0.15, 0.2) is 12.1 Å². The standard InChI is InChI=1S/C16H22O6S2/c17-9-23-7-1-3-11-5-6-13(15(19)20)14(16(21)22)12(11)4-2-8-24-10-18/h5-6,17-18H,1-4,7-10H2,(H,19,20)(H,21,22). The molecule has 0 saturated heterocycles. The maximum Gasteiger partial charge on any atom is 0.336 e. The fraction of sp³-hybridized carbons (Fsp3) is 0.500. The number of aryl methyl sites for hydroxylation is 1. The molecule has 0 bridgehead atoms. The Bertz CT molecular complexity index is 562. The zero-order valence-electron chi connectivity index (χ0n) is 13.2. The number of aliphatic hydroxyl groups is 2. The molecule has 134 valence electrons. The molecule has 4 N–H and O–H groups in total. The van der Waals surface area contributed by atoms with E-state index in [1.165, 1.54) is 29.6 Å². The van der Waals surface area contributed by atoms with Crippen LogP contribution in [0.4, 0.5) is 0 Å². The number of thioether (sulfide) groups is 2. The molecule has 0 aliphatic rings. The van der Waals surface area contributed by atoms with E-state index in [1.807, 2.05) is 0 Å². The molecular weight excluding hydrogens is 352 g/mol. The number of aliphatic hydroxyl groups excluding tert-OH is 2. The Kier molecular flexibility index (Phi) is 9.85. The lowest BCUT2D eigenvalue weighted by Crippen LogP contribution is -2.14. The van der Waals surface area contributed by atoms with Crippen molar-refractivity contribution in [3.05, 3.63) is 34.4 Å². The first kappa shape index (κ1) is 20.8. The summed E-state index contributed by atoms with van der Waals surface area (Å²) in [5, 5.41) is 36.3. The zero-order valence-corrected chi connectivity index (χ0v) is 14.9. The summed E-state index contributed by atoms with van der Waals surface area (Å²) in [6.07, 6.45) is 2.52. The van der Waals surface area contributed by atoms with E-state index in [-0.39, 0.29) is 23.0 Å². The lowest BCUT2D eigenvalue weighted by atomic mass is 9.91. The van der Waals surface area contributed by atoms with E-state index >= 15 is 0 Å². The van der Waals surface area contributed by atoms with Gasteiger partial charge in [0.1, 0.15) is 0 Å². The molecule has 0 spiro atoms. The van der Waals surface area contributed by atoms with Gasteiger partial charge >= 0.3 is 11.9 Å². The first-order valence-corrected chi connectivity index (χ1v) is 9.82. The first-order chi connectivity index (χ1) is 11.5. The highest BCUT2D eigenvalue weighted by Crippen LogP contribution is 2.24. The molecule has 1 aromatic rings. The van der Waals surface area contributed by atoms with Gasteiger partial charge in [0, 0.05) is 0 Å². The largest absolute Gasteiger partial charge is 0.478 e. The Balaban J connectivity index is 3.08. The van der Waals surface area contributed by atoms with Crippen LogP contribution in [0, 0.1) is 0 Å². The van der Waals surface area contributed by atoms with Gasteiger partial charge in [-0.2, -0.15) is 0 Å². The smallest absolute Gasteiger partial charge is 0.336 e. The Morgan fingerprint density at radius 3 is 1.96 bits per heavy atom. The average molecular weight is 374 g/mol. The molecule has 0 amide bonds. The fourth-order valence-electron chi connectivity index (χ4n) is 2.48. The minimum Gasteiger partial charge on any atom is -0.478 e. The highest BCUT2D eigenvalue weighted by atomic mass is 32.2. The molecule has 0 unspecified atom stereocenters. The third-order valence-corrected chi connectivity index (χ3v) is 5.01. The van der Waals surface area contributed by atoms with Gasteiger partial charge in [0.2, 0.25) is 0 Å². The first-order valence-electron chi connectivity index (χ1n) is 7.51. The summed E-state index contributed by atoms with van der Waals surface area (Å²) in [6, 6.07) is 3.04. The highest BCUT2D eigenvalue weighted by molar-refractivity contribution is 7.99. The van der Waals surface area contributed by atoms with Gasteiger partial charge in [-0.1, -0.05) is 6.07 Å². The van der Waals surface area contributed by atoms with Crippen LogP contribution in [0.2, 0.25) is 0 Å². The Hall–Kier alpha value is -1.22. The molecule has 0 radical (unpaired) electrons. The zero-order chi connectivity index (χ0) is 17.9. The molecule has 24 heavy (non-hydrogen) atoms.